The van der Waals surface area contributed by atoms with Gasteiger partial charge in [-0.25, -0.2) is 0 Å². The van der Waals surface area contributed by atoms with Crippen LogP contribution in [0, 0.1) is 17.8 Å². The summed E-state index contributed by atoms with van der Waals surface area (Å²) >= 11 is 0. The van der Waals surface area contributed by atoms with Crippen molar-refractivity contribution in [3.8, 4) is 0 Å². The van der Waals surface area contributed by atoms with E-state index in [4.69, 9.17) is 0 Å². The van der Waals surface area contributed by atoms with Crippen molar-refractivity contribution in [1.29, 1.82) is 0 Å². The van der Waals surface area contributed by atoms with E-state index < -0.39 is 46.9 Å². The van der Waals surface area contributed by atoms with Gasteiger partial charge in [-0.2, -0.15) is 26.3 Å². The van der Waals surface area contributed by atoms with Gasteiger partial charge in [-0.3, -0.25) is 5.32 Å². The molecule has 2 aromatic carbocycles. The summed E-state index contributed by atoms with van der Waals surface area (Å²) < 4.78 is 130. The molecule has 3 unspecified atom stereocenters. The minimum atomic E-state index is -5.04. The molecule has 0 amide bonds. The van der Waals surface area contributed by atoms with Gasteiger partial charge >= 0.3 is 18.7 Å². The van der Waals surface area contributed by atoms with Gasteiger partial charge in [-0.1, -0.05) is 107 Å². The summed E-state index contributed by atoms with van der Waals surface area (Å²) in [5.74, 6) is -0.539. The summed E-state index contributed by atoms with van der Waals surface area (Å²) in [6.07, 6.45) is 7.72. The fourth-order valence-electron chi connectivity index (χ4n) is 7.89. The van der Waals surface area contributed by atoms with Crippen LogP contribution in [0.2, 0.25) is 0 Å². The van der Waals surface area contributed by atoms with Gasteiger partial charge in [0.25, 0.3) is 0 Å². The molecule has 3 aliphatic carbocycles. The molecule has 0 saturated heterocycles. The lowest BCUT2D eigenvalue weighted by Crippen LogP contribution is -2.76. The van der Waals surface area contributed by atoms with E-state index >= 15 is 0 Å². The Bertz CT molecular complexity index is 2100. The highest BCUT2D eigenvalue weighted by atomic mass is 19.4. The zero-order chi connectivity index (χ0) is 41.3. The molecule has 2 aromatic rings. The van der Waals surface area contributed by atoms with E-state index in [0.717, 1.165) is 23.2 Å². The summed E-state index contributed by atoms with van der Waals surface area (Å²) in [6.45, 7) is 8.27. The van der Waals surface area contributed by atoms with Gasteiger partial charge in [-0.15, -0.1) is 13.2 Å². The molecular formula is C45H44F9N2O+. The Morgan fingerprint density at radius 2 is 1.56 bits per heavy atom. The number of nitrogens with zero attached hydrogens (tertiary/aromatic N) is 1. The van der Waals surface area contributed by atoms with Crippen molar-refractivity contribution >= 4 is 11.4 Å². The van der Waals surface area contributed by atoms with E-state index in [0.29, 0.717) is 53.6 Å². The van der Waals surface area contributed by atoms with Gasteiger partial charge in [0.05, 0.1) is 11.1 Å². The van der Waals surface area contributed by atoms with Crippen LogP contribution in [0.25, 0.3) is 0 Å². The van der Waals surface area contributed by atoms with E-state index in [1.54, 1.807) is 37.3 Å². The summed E-state index contributed by atoms with van der Waals surface area (Å²) in [5, 5.41) is 1.29. The molecule has 4 aliphatic rings. The number of alkyl halides is 9. The number of hydrogen-bond donors (Lipinski definition) is 1. The zero-order valence-electron chi connectivity index (χ0n) is 31.9. The van der Waals surface area contributed by atoms with Gasteiger partial charge in [0.1, 0.15) is 17.1 Å². The first-order valence-electron chi connectivity index (χ1n) is 18.7. The van der Waals surface area contributed by atoms with E-state index in [2.05, 4.69) is 28.7 Å². The third-order valence-electron chi connectivity index (χ3n) is 10.8. The Kier molecular flexibility index (Phi) is 11.8. The molecule has 57 heavy (non-hydrogen) atoms. The van der Waals surface area contributed by atoms with E-state index in [1.807, 2.05) is 56.3 Å². The smallest absolute Gasteiger partial charge is 0.406 e. The molecule has 0 radical (unpaired) electrons. The highest BCUT2D eigenvalue weighted by Gasteiger charge is 2.42. The average molecular weight is 800 g/mol. The largest absolute Gasteiger partial charge is 0.573 e. The van der Waals surface area contributed by atoms with Gasteiger partial charge in [-0.05, 0) is 59.9 Å². The lowest BCUT2D eigenvalue weighted by Gasteiger charge is -2.30. The van der Waals surface area contributed by atoms with E-state index in [-0.39, 0.29) is 24.1 Å². The fraction of sp³-hybridized carbons (Fsp3) is 0.333. The van der Waals surface area contributed by atoms with Crippen LogP contribution in [0.15, 0.2) is 149 Å². The first-order chi connectivity index (χ1) is 26.7. The quantitative estimate of drug-likeness (QED) is 0.147. The maximum absolute atomic E-state index is 14.1. The number of para-hydroxylation sites is 1. The number of halogens is 9. The number of fused-ring (bicyclic) bond motifs is 3. The second-order valence-corrected chi connectivity index (χ2v) is 15.5. The van der Waals surface area contributed by atoms with Crippen LogP contribution in [0.1, 0.15) is 63.6 Å². The van der Waals surface area contributed by atoms with Crippen LogP contribution in [0.3, 0.4) is 0 Å². The monoisotopic (exact) mass is 799 g/mol. The zero-order valence-corrected chi connectivity index (χ0v) is 31.9. The topological polar surface area (TPSA) is 29.1 Å². The maximum atomic E-state index is 14.1. The van der Waals surface area contributed by atoms with Crippen LogP contribution in [0.5, 0.6) is 0 Å². The Balaban J connectivity index is 1.40. The number of quaternary nitrogens is 1. The van der Waals surface area contributed by atoms with Crippen LogP contribution in [0.4, 0.5) is 50.9 Å². The van der Waals surface area contributed by atoms with Crippen molar-refractivity contribution in [3.05, 3.63) is 166 Å². The molecular weight excluding hydrogens is 755 g/mol. The second-order valence-electron chi connectivity index (χ2n) is 15.5. The molecule has 12 heteroatoms. The molecule has 6 rings (SSSR count). The third kappa shape index (κ3) is 9.95. The van der Waals surface area contributed by atoms with Crippen molar-refractivity contribution in [2.45, 2.75) is 71.1 Å². The minimum absolute atomic E-state index is 0.0772. The van der Waals surface area contributed by atoms with Crippen molar-refractivity contribution in [2.75, 3.05) is 11.4 Å². The first kappa shape index (κ1) is 41.7. The van der Waals surface area contributed by atoms with Crippen molar-refractivity contribution in [3.63, 3.8) is 0 Å². The van der Waals surface area contributed by atoms with Crippen molar-refractivity contribution in [1.82, 2.24) is 0 Å². The van der Waals surface area contributed by atoms with Gasteiger partial charge in [0.2, 0.25) is 0 Å². The molecule has 0 aromatic heterocycles. The third-order valence-corrected chi connectivity index (χ3v) is 10.8. The standard InChI is InChI=1S/C45H43F9N2O/c1-28(21-33-18-17-30-12-6-8-14-32(23-30)41(33)55-36-25-34(43(46,47)48)24-35(26-36)44(49,50)51)22-37(57-45(52,53)54)27-40-42(3,4)38-15-9-10-16-39(38)56(40)20-19-31-13-7-5-11-29(31)2/h5-18,22,24-29,31,55H,19-21,23H2,1-4H3/p+1. The highest BCUT2D eigenvalue weighted by molar-refractivity contribution is 5.71. The van der Waals surface area contributed by atoms with Gasteiger partial charge < -0.3 is 9.64 Å². The number of benzene rings is 2. The molecule has 2 bridgehead atoms. The predicted molar refractivity (Wildman–Crippen MR) is 204 cm³/mol. The molecule has 0 fully saturated rings. The maximum Gasteiger partial charge on any atom is 0.573 e. The number of rotatable bonds is 10. The lowest BCUT2D eigenvalue weighted by atomic mass is 9.83. The SMILES string of the molecule is CC(C=C(C=C1N(CCC2C=CC=CC2C)c2ccccc2C1(C)C)OC(F)(F)F)CC1=C([NH2+]c2cc(C(F)(F)F)cc(C(F)(F)F)c2)C2=CC=CC=C(C=C1)C2. The normalized spacial score (nSPS) is 22.0. The molecule has 0 saturated carbocycles. The second kappa shape index (κ2) is 16.1. The van der Waals surface area contributed by atoms with Crippen LogP contribution in [-0.2, 0) is 22.5 Å². The van der Waals surface area contributed by atoms with Crippen molar-refractivity contribution in [2.24, 2.45) is 17.8 Å². The molecule has 0 spiro atoms. The number of ether oxygens (including phenoxy) is 1. The summed E-state index contributed by atoms with van der Waals surface area (Å²) in [4.78, 5) is 2.05. The first-order valence-corrected chi connectivity index (χ1v) is 18.7. The predicted octanol–water partition coefficient (Wildman–Crippen LogP) is 12.5. The number of nitrogens with two attached hydrogens (primary N) is 1. The molecule has 302 valence electrons. The van der Waals surface area contributed by atoms with Crippen LogP contribution < -0.4 is 10.2 Å². The number of allylic oxidation sites excluding steroid dienone is 16. The summed E-state index contributed by atoms with van der Waals surface area (Å²) in [7, 11) is 0. The summed E-state index contributed by atoms with van der Waals surface area (Å²) in [5.41, 5.74) is 0.935. The van der Waals surface area contributed by atoms with Crippen molar-refractivity contribution < 1.29 is 49.6 Å². The highest BCUT2D eigenvalue weighted by Crippen LogP contribution is 2.49. The molecule has 1 heterocycles. The molecule has 2 N–H and O–H groups in total. The Morgan fingerprint density at radius 1 is 0.895 bits per heavy atom. The molecule has 1 aliphatic heterocycles. The molecule has 3 atom stereocenters. The Labute approximate surface area is 326 Å². The number of hydrogen-bond acceptors (Lipinski definition) is 2. The Hall–Kier alpha value is -4.97. The van der Waals surface area contributed by atoms with E-state index in [1.165, 1.54) is 17.5 Å². The molecule has 3 nitrogen and oxygen atoms in total. The van der Waals surface area contributed by atoms with Crippen LogP contribution in [-0.4, -0.2) is 12.9 Å². The van der Waals surface area contributed by atoms with Crippen LogP contribution >= 0.6 is 0 Å². The fourth-order valence-corrected chi connectivity index (χ4v) is 7.89. The average Bonchev–Trinajstić information content (AvgIpc) is 3.31. The number of anilines is 1. The lowest BCUT2D eigenvalue weighted by molar-refractivity contribution is -0.515. The van der Waals surface area contributed by atoms with Gasteiger partial charge in [0.15, 0.2) is 0 Å². The minimum Gasteiger partial charge on any atom is -0.406 e. The van der Waals surface area contributed by atoms with Gasteiger partial charge in [0, 0.05) is 59.1 Å². The Morgan fingerprint density at radius 3 is 2.23 bits per heavy atom. The van der Waals surface area contributed by atoms with E-state index in [9.17, 15) is 39.5 Å². The summed E-state index contributed by atoms with van der Waals surface area (Å²) in [6, 6.07) is 9.12.